The lowest BCUT2D eigenvalue weighted by Gasteiger charge is -2.31. The van der Waals surface area contributed by atoms with Gasteiger partial charge in [-0.1, -0.05) is 6.07 Å². The summed E-state index contributed by atoms with van der Waals surface area (Å²) in [5, 5.41) is 8.46. The highest BCUT2D eigenvalue weighted by Crippen LogP contribution is 2.29. The van der Waals surface area contributed by atoms with Crippen LogP contribution in [0.15, 0.2) is 30.3 Å². The van der Waals surface area contributed by atoms with Gasteiger partial charge in [0, 0.05) is 19.0 Å². The number of fused-ring (bicyclic) bond motifs is 1. The van der Waals surface area contributed by atoms with Gasteiger partial charge in [0.05, 0.1) is 16.7 Å². The Balaban J connectivity index is 1.48. The van der Waals surface area contributed by atoms with E-state index in [-0.39, 0.29) is 0 Å². The van der Waals surface area contributed by atoms with Crippen LogP contribution >= 0.6 is 0 Å². The fraction of sp³-hybridized carbons (Fsp3) is 0.389. The van der Waals surface area contributed by atoms with E-state index in [0.717, 1.165) is 54.3 Å². The molecule has 3 heterocycles. The third-order valence-electron chi connectivity index (χ3n) is 4.65. The topological polar surface area (TPSA) is 57.7 Å². The first-order chi connectivity index (χ1) is 11.2. The van der Waals surface area contributed by atoms with E-state index in [1.807, 2.05) is 13.0 Å². The molecular formula is C18H21N5. The smallest absolute Gasteiger partial charge is 0.151 e. The molecule has 118 valence electrons. The number of benzene rings is 1. The predicted octanol–water partition coefficient (Wildman–Crippen LogP) is 3.35. The molecule has 1 fully saturated rings. The molecule has 0 atom stereocenters. The molecule has 3 aromatic rings. The first-order valence-corrected chi connectivity index (χ1v) is 8.20. The monoisotopic (exact) mass is 307 g/mol. The van der Waals surface area contributed by atoms with E-state index in [2.05, 4.69) is 51.3 Å². The van der Waals surface area contributed by atoms with Crippen molar-refractivity contribution < 1.29 is 0 Å². The Bertz CT molecular complexity index is 813. The molecule has 0 unspecified atom stereocenters. The molecule has 5 nitrogen and oxygen atoms in total. The van der Waals surface area contributed by atoms with Gasteiger partial charge in [0.15, 0.2) is 5.82 Å². The molecule has 5 heteroatoms. The van der Waals surface area contributed by atoms with Crippen molar-refractivity contribution in [3.8, 4) is 0 Å². The van der Waals surface area contributed by atoms with Crippen LogP contribution in [-0.2, 0) is 0 Å². The van der Waals surface area contributed by atoms with E-state index in [4.69, 9.17) is 4.98 Å². The van der Waals surface area contributed by atoms with Crippen LogP contribution in [0.1, 0.15) is 35.8 Å². The van der Waals surface area contributed by atoms with Gasteiger partial charge >= 0.3 is 0 Å². The van der Waals surface area contributed by atoms with E-state index in [9.17, 15) is 0 Å². The quantitative estimate of drug-likeness (QED) is 0.789. The number of hydrogen-bond acceptors (Lipinski definition) is 4. The van der Waals surface area contributed by atoms with E-state index in [1.54, 1.807) is 0 Å². The molecule has 0 bridgehead atoms. The maximum atomic E-state index is 4.78. The van der Waals surface area contributed by atoms with Crippen LogP contribution in [0, 0.1) is 13.8 Å². The summed E-state index contributed by atoms with van der Waals surface area (Å²) >= 11 is 0. The summed E-state index contributed by atoms with van der Waals surface area (Å²) in [5.74, 6) is 2.60. The zero-order valence-corrected chi connectivity index (χ0v) is 13.6. The molecule has 0 radical (unpaired) electrons. The second kappa shape index (κ2) is 5.65. The first-order valence-electron chi connectivity index (χ1n) is 8.20. The molecule has 1 saturated heterocycles. The fourth-order valence-corrected chi connectivity index (χ4v) is 3.28. The molecule has 1 aliphatic heterocycles. The van der Waals surface area contributed by atoms with Crippen LogP contribution in [-0.4, -0.2) is 33.3 Å². The molecule has 2 aromatic heterocycles. The van der Waals surface area contributed by atoms with Crippen molar-refractivity contribution in [2.24, 2.45) is 0 Å². The molecule has 23 heavy (non-hydrogen) atoms. The third-order valence-corrected chi connectivity index (χ3v) is 4.65. The number of nitrogens with one attached hydrogen (secondary N) is 1. The van der Waals surface area contributed by atoms with Gasteiger partial charge in [0.2, 0.25) is 0 Å². The minimum Gasteiger partial charge on any atom is -0.355 e. The summed E-state index contributed by atoms with van der Waals surface area (Å²) in [7, 11) is 0. The van der Waals surface area contributed by atoms with Crippen molar-refractivity contribution >= 4 is 16.9 Å². The van der Waals surface area contributed by atoms with Crippen molar-refractivity contribution in [2.75, 3.05) is 18.0 Å². The summed E-state index contributed by atoms with van der Waals surface area (Å²) in [6, 6.07) is 10.5. The molecule has 1 N–H and O–H groups in total. The third kappa shape index (κ3) is 2.79. The number of hydrogen-bond donors (Lipinski definition) is 1. The lowest BCUT2D eigenvalue weighted by molar-refractivity contribution is 0.486. The summed E-state index contributed by atoms with van der Waals surface area (Å²) in [4.78, 5) is 10.6. The summed E-state index contributed by atoms with van der Waals surface area (Å²) < 4.78 is 0. The number of rotatable bonds is 2. The number of aromatic amines is 1. The Labute approximate surface area is 135 Å². The number of piperidine rings is 1. The van der Waals surface area contributed by atoms with Crippen molar-refractivity contribution in [2.45, 2.75) is 32.6 Å². The number of aromatic nitrogens is 4. The summed E-state index contributed by atoms with van der Waals surface area (Å²) in [5.41, 5.74) is 4.44. The summed E-state index contributed by atoms with van der Waals surface area (Å²) in [6.07, 6.45) is 2.18. The predicted molar refractivity (Wildman–Crippen MR) is 91.8 cm³/mol. The van der Waals surface area contributed by atoms with Crippen LogP contribution in [0.25, 0.3) is 11.0 Å². The largest absolute Gasteiger partial charge is 0.355 e. The molecule has 1 aliphatic rings. The van der Waals surface area contributed by atoms with Gasteiger partial charge in [0.1, 0.15) is 5.82 Å². The van der Waals surface area contributed by atoms with Crippen LogP contribution in [0.5, 0.6) is 0 Å². The van der Waals surface area contributed by atoms with Crippen LogP contribution < -0.4 is 4.90 Å². The number of nitrogens with zero attached hydrogens (tertiary/aromatic N) is 4. The number of imidazole rings is 1. The van der Waals surface area contributed by atoms with Gasteiger partial charge in [-0.3, -0.25) is 0 Å². The Morgan fingerprint density at radius 2 is 1.87 bits per heavy atom. The van der Waals surface area contributed by atoms with Gasteiger partial charge in [0.25, 0.3) is 0 Å². The Kier molecular flexibility index (Phi) is 3.48. The van der Waals surface area contributed by atoms with Gasteiger partial charge in [-0.2, -0.15) is 5.10 Å². The number of aryl methyl sites for hydroxylation is 2. The maximum Gasteiger partial charge on any atom is 0.151 e. The van der Waals surface area contributed by atoms with Gasteiger partial charge in [-0.25, -0.2) is 4.98 Å². The summed E-state index contributed by atoms with van der Waals surface area (Å²) in [6.45, 7) is 6.07. The lowest BCUT2D eigenvalue weighted by atomic mass is 9.96. The molecule has 4 rings (SSSR count). The SMILES string of the molecule is Cc1ccc2nc(C3CCN(c4ccc(C)nn4)CC3)[nH]c2c1. The van der Waals surface area contributed by atoms with Crippen molar-refractivity contribution in [3.63, 3.8) is 0 Å². The highest BCUT2D eigenvalue weighted by molar-refractivity contribution is 5.75. The van der Waals surface area contributed by atoms with Crippen LogP contribution in [0.4, 0.5) is 5.82 Å². The normalized spacial score (nSPS) is 16.2. The van der Waals surface area contributed by atoms with Crippen molar-refractivity contribution in [1.29, 1.82) is 0 Å². The van der Waals surface area contributed by atoms with Crippen LogP contribution in [0.2, 0.25) is 0 Å². The van der Waals surface area contributed by atoms with Crippen molar-refractivity contribution in [3.05, 3.63) is 47.4 Å². The standard InChI is InChI=1S/C18H21N5/c1-12-3-5-15-16(11-12)20-18(19-15)14-7-9-23(10-8-14)17-6-4-13(2)21-22-17/h3-6,11,14H,7-10H2,1-2H3,(H,19,20). The van der Waals surface area contributed by atoms with E-state index >= 15 is 0 Å². The minimum absolute atomic E-state index is 0.498. The van der Waals surface area contributed by atoms with E-state index in [0.29, 0.717) is 5.92 Å². The fourth-order valence-electron chi connectivity index (χ4n) is 3.28. The Hall–Kier alpha value is -2.43. The van der Waals surface area contributed by atoms with Crippen molar-refractivity contribution in [1.82, 2.24) is 20.2 Å². The second-order valence-corrected chi connectivity index (χ2v) is 6.44. The molecule has 0 saturated carbocycles. The lowest BCUT2D eigenvalue weighted by Crippen LogP contribution is -2.33. The number of anilines is 1. The molecule has 0 spiro atoms. The Morgan fingerprint density at radius 3 is 2.61 bits per heavy atom. The minimum atomic E-state index is 0.498. The second-order valence-electron chi connectivity index (χ2n) is 6.44. The molecule has 0 amide bonds. The van der Waals surface area contributed by atoms with Gasteiger partial charge in [-0.15, -0.1) is 5.10 Å². The maximum absolute atomic E-state index is 4.78. The Morgan fingerprint density at radius 1 is 1.04 bits per heavy atom. The zero-order chi connectivity index (χ0) is 15.8. The van der Waals surface area contributed by atoms with Crippen LogP contribution in [0.3, 0.4) is 0 Å². The highest BCUT2D eigenvalue weighted by Gasteiger charge is 2.24. The average Bonchev–Trinajstić information content (AvgIpc) is 2.99. The first kappa shape index (κ1) is 14.2. The van der Waals surface area contributed by atoms with Gasteiger partial charge in [-0.05, 0) is 56.5 Å². The average molecular weight is 307 g/mol. The molecule has 0 aliphatic carbocycles. The zero-order valence-electron chi connectivity index (χ0n) is 13.6. The number of H-pyrrole nitrogens is 1. The molecular weight excluding hydrogens is 286 g/mol. The van der Waals surface area contributed by atoms with E-state index in [1.165, 1.54) is 5.56 Å². The van der Waals surface area contributed by atoms with E-state index < -0.39 is 0 Å². The highest BCUT2D eigenvalue weighted by atomic mass is 15.3. The molecule has 1 aromatic carbocycles. The van der Waals surface area contributed by atoms with Gasteiger partial charge < -0.3 is 9.88 Å².